The molecule has 0 saturated heterocycles. The maximum absolute atomic E-state index is 6.25. The molecule has 0 N–H and O–H groups in total. The molecule has 2 aromatic carbocycles. The summed E-state index contributed by atoms with van der Waals surface area (Å²) in [7, 11) is 2.13. The maximum Gasteiger partial charge on any atom is 0.269 e. The van der Waals surface area contributed by atoms with Crippen LogP contribution in [0.3, 0.4) is 0 Å². The Morgan fingerprint density at radius 3 is 2.82 bits per heavy atom. The van der Waals surface area contributed by atoms with Gasteiger partial charge in [-0.2, -0.15) is 4.57 Å². The Hall–Kier alpha value is -2.39. The molecule has 0 spiro atoms. The van der Waals surface area contributed by atoms with Gasteiger partial charge in [0.2, 0.25) is 0 Å². The van der Waals surface area contributed by atoms with Gasteiger partial charge in [0.25, 0.3) is 10.5 Å². The molecule has 0 unspecified atom stereocenters. The Bertz CT molecular complexity index is 1080. The van der Waals surface area contributed by atoms with Crippen molar-refractivity contribution < 1.29 is 9.30 Å². The molecule has 4 aromatic rings. The number of nitrogens with zero attached hydrogens (tertiary/aromatic N) is 1. The topological polar surface area (TPSA) is 13.1 Å². The molecule has 0 aliphatic carbocycles. The zero-order valence-electron chi connectivity index (χ0n) is 12.4. The molecule has 2 nitrogen and oxygen atoms in total. The second-order valence-corrected chi connectivity index (χ2v) is 6.71. The van der Waals surface area contributed by atoms with Crippen molar-refractivity contribution in [2.24, 2.45) is 7.05 Å². The summed E-state index contributed by atoms with van der Waals surface area (Å²) in [5.74, 6) is 1.90. The van der Waals surface area contributed by atoms with E-state index in [1.807, 2.05) is 0 Å². The minimum atomic E-state index is 0.947. The van der Waals surface area contributed by atoms with Crippen molar-refractivity contribution >= 4 is 32.3 Å². The lowest BCUT2D eigenvalue weighted by Gasteiger charge is -2.20. The number of ether oxygens (including phenoxy) is 1. The molecule has 22 heavy (non-hydrogen) atoms. The number of hydrogen-bond donors (Lipinski definition) is 0. The lowest BCUT2D eigenvalue weighted by Crippen LogP contribution is -2.32. The van der Waals surface area contributed by atoms with E-state index in [0.29, 0.717) is 0 Å². The molecule has 0 amide bonds. The lowest BCUT2D eigenvalue weighted by molar-refractivity contribution is -0.631. The molecule has 0 atom stereocenters. The number of rotatable bonds is 0. The first-order valence-corrected chi connectivity index (χ1v) is 8.23. The van der Waals surface area contributed by atoms with Gasteiger partial charge in [-0.05, 0) is 35.4 Å². The Morgan fingerprint density at radius 1 is 1.00 bits per heavy atom. The fraction of sp³-hybridized carbons (Fsp3) is 0.105. The summed E-state index contributed by atoms with van der Waals surface area (Å²) < 4.78 is 8.52. The van der Waals surface area contributed by atoms with Crippen LogP contribution >= 0.6 is 11.3 Å². The maximum atomic E-state index is 6.25. The average molecular weight is 304 g/mol. The molecule has 0 bridgehead atoms. The van der Waals surface area contributed by atoms with Crippen LogP contribution in [0.15, 0.2) is 47.8 Å². The Morgan fingerprint density at radius 2 is 1.91 bits per heavy atom. The third-order valence-electron chi connectivity index (χ3n) is 4.51. The Kier molecular flexibility index (Phi) is 2.26. The Balaban J connectivity index is 2.04. The SMILES string of the molecule is Cc1ccc2cccc3c2c1-c1c(cc2ccsc2[n+]1C)O3. The third-order valence-corrected chi connectivity index (χ3v) is 5.51. The van der Waals surface area contributed by atoms with Crippen molar-refractivity contribution in [1.82, 2.24) is 0 Å². The van der Waals surface area contributed by atoms with Gasteiger partial charge in [0, 0.05) is 11.5 Å². The van der Waals surface area contributed by atoms with Crippen LogP contribution in [0.5, 0.6) is 11.5 Å². The van der Waals surface area contributed by atoms with Gasteiger partial charge in [-0.15, -0.1) is 0 Å². The summed E-state index contributed by atoms with van der Waals surface area (Å²) in [6, 6.07) is 15.0. The molecule has 0 radical (unpaired) electrons. The summed E-state index contributed by atoms with van der Waals surface area (Å²) >= 11 is 1.77. The van der Waals surface area contributed by atoms with Gasteiger partial charge in [-0.1, -0.05) is 35.6 Å². The van der Waals surface area contributed by atoms with Crippen molar-refractivity contribution in [1.29, 1.82) is 0 Å². The van der Waals surface area contributed by atoms with E-state index in [-0.39, 0.29) is 0 Å². The lowest BCUT2D eigenvalue weighted by atomic mass is 9.93. The number of thiophene rings is 1. The molecule has 3 heterocycles. The van der Waals surface area contributed by atoms with E-state index in [1.54, 1.807) is 11.3 Å². The van der Waals surface area contributed by atoms with Crippen LogP contribution in [0.25, 0.3) is 32.2 Å². The van der Waals surface area contributed by atoms with E-state index in [0.717, 1.165) is 11.5 Å². The summed E-state index contributed by atoms with van der Waals surface area (Å²) in [6.07, 6.45) is 0. The van der Waals surface area contributed by atoms with E-state index < -0.39 is 0 Å². The van der Waals surface area contributed by atoms with Gasteiger partial charge in [0.05, 0.1) is 10.9 Å². The van der Waals surface area contributed by atoms with Crippen molar-refractivity contribution in [2.75, 3.05) is 0 Å². The van der Waals surface area contributed by atoms with Crippen LogP contribution in [-0.4, -0.2) is 0 Å². The van der Waals surface area contributed by atoms with Crippen LogP contribution in [0.2, 0.25) is 0 Å². The van der Waals surface area contributed by atoms with E-state index in [4.69, 9.17) is 4.74 Å². The van der Waals surface area contributed by atoms with Gasteiger partial charge in [0.15, 0.2) is 5.75 Å². The van der Waals surface area contributed by atoms with Gasteiger partial charge in [-0.3, -0.25) is 0 Å². The van der Waals surface area contributed by atoms with Gasteiger partial charge in [-0.25, -0.2) is 0 Å². The van der Waals surface area contributed by atoms with Crippen LogP contribution in [0.4, 0.5) is 0 Å². The number of benzene rings is 2. The highest BCUT2D eigenvalue weighted by Crippen LogP contribution is 2.47. The normalized spacial score (nSPS) is 12.5. The highest BCUT2D eigenvalue weighted by molar-refractivity contribution is 7.16. The standard InChI is InChI=1S/C19H14NOS/c1-11-6-7-12-4-3-5-14-17(12)16(11)18-15(21-14)10-13-8-9-22-19(13)20(18)2/h3-10H,1-2H3/q+1. The summed E-state index contributed by atoms with van der Waals surface area (Å²) in [5, 5.41) is 5.82. The molecule has 5 rings (SSSR count). The van der Waals surface area contributed by atoms with Crippen LogP contribution in [0, 0.1) is 6.92 Å². The number of aromatic nitrogens is 1. The second-order valence-electron chi connectivity index (χ2n) is 5.81. The molecule has 106 valence electrons. The van der Waals surface area contributed by atoms with Gasteiger partial charge < -0.3 is 4.74 Å². The van der Waals surface area contributed by atoms with Crippen LogP contribution in [0.1, 0.15) is 5.56 Å². The van der Waals surface area contributed by atoms with Crippen LogP contribution in [-0.2, 0) is 7.05 Å². The smallest absolute Gasteiger partial charge is 0.269 e. The van der Waals surface area contributed by atoms with E-state index in [1.165, 1.54) is 37.8 Å². The monoisotopic (exact) mass is 304 g/mol. The van der Waals surface area contributed by atoms with Crippen molar-refractivity contribution in [2.45, 2.75) is 6.92 Å². The van der Waals surface area contributed by atoms with E-state index in [9.17, 15) is 0 Å². The molecular weight excluding hydrogens is 290 g/mol. The summed E-state index contributed by atoms with van der Waals surface area (Å²) in [6.45, 7) is 2.18. The van der Waals surface area contributed by atoms with E-state index >= 15 is 0 Å². The number of aryl methyl sites for hydroxylation is 2. The van der Waals surface area contributed by atoms with Gasteiger partial charge in [0.1, 0.15) is 12.8 Å². The number of fused-ring (bicyclic) bond motifs is 3. The van der Waals surface area contributed by atoms with Gasteiger partial charge >= 0.3 is 0 Å². The Labute approximate surface area is 132 Å². The fourth-order valence-corrected chi connectivity index (χ4v) is 4.35. The highest BCUT2D eigenvalue weighted by atomic mass is 32.1. The first kappa shape index (κ1) is 12.2. The minimum Gasteiger partial charge on any atom is -0.450 e. The number of pyridine rings is 1. The summed E-state index contributed by atoms with van der Waals surface area (Å²) in [5.41, 5.74) is 3.76. The quantitative estimate of drug-likeness (QED) is 0.369. The summed E-state index contributed by atoms with van der Waals surface area (Å²) in [4.78, 5) is 1.28. The van der Waals surface area contributed by atoms with E-state index in [2.05, 4.69) is 66.4 Å². The first-order valence-electron chi connectivity index (χ1n) is 7.35. The molecule has 1 aliphatic heterocycles. The minimum absolute atomic E-state index is 0.947. The molecule has 3 heteroatoms. The van der Waals surface area contributed by atoms with Crippen molar-refractivity contribution in [3.05, 3.63) is 53.4 Å². The predicted octanol–water partition coefficient (Wildman–Crippen LogP) is 4.96. The zero-order valence-corrected chi connectivity index (χ0v) is 13.2. The van der Waals surface area contributed by atoms with Crippen molar-refractivity contribution in [3.63, 3.8) is 0 Å². The predicted molar refractivity (Wildman–Crippen MR) is 90.8 cm³/mol. The molecular formula is C19H14NOS+. The number of hydrogen-bond acceptors (Lipinski definition) is 2. The largest absolute Gasteiger partial charge is 0.450 e. The molecule has 0 saturated carbocycles. The second kappa shape index (κ2) is 4.08. The zero-order chi connectivity index (χ0) is 14.8. The fourth-order valence-electron chi connectivity index (χ4n) is 3.50. The highest BCUT2D eigenvalue weighted by Gasteiger charge is 2.30. The van der Waals surface area contributed by atoms with Crippen molar-refractivity contribution in [3.8, 4) is 22.8 Å². The molecule has 0 fully saturated rings. The average Bonchev–Trinajstić information content (AvgIpc) is 2.99. The molecule has 2 aromatic heterocycles. The molecule has 1 aliphatic rings. The first-order chi connectivity index (χ1) is 10.7. The third kappa shape index (κ3) is 1.41. The van der Waals surface area contributed by atoms with Crippen LogP contribution < -0.4 is 9.30 Å².